The van der Waals surface area contributed by atoms with Gasteiger partial charge in [0.05, 0.1) is 0 Å². The zero-order chi connectivity index (χ0) is 9.71. The van der Waals surface area contributed by atoms with E-state index in [4.69, 9.17) is 0 Å². The van der Waals surface area contributed by atoms with Crippen molar-refractivity contribution in [3.63, 3.8) is 0 Å². The van der Waals surface area contributed by atoms with Crippen LogP contribution < -0.4 is 0 Å². The van der Waals surface area contributed by atoms with Crippen molar-refractivity contribution in [3.8, 4) is 0 Å². The summed E-state index contributed by atoms with van der Waals surface area (Å²) in [5.74, 6) is 1.22. The number of rotatable bonds is 0. The first-order valence-corrected chi connectivity index (χ1v) is 5.94. The Morgan fingerprint density at radius 2 is 2.36 bits per heavy atom. The van der Waals surface area contributed by atoms with Crippen molar-refractivity contribution < 1.29 is 4.79 Å². The third-order valence-electron chi connectivity index (χ3n) is 3.50. The highest BCUT2D eigenvalue weighted by Crippen LogP contribution is 2.37. The van der Waals surface area contributed by atoms with Gasteiger partial charge >= 0.3 is 0 Å². The second kappa shape index (κ2) is 2.83. The average Bonchev–Trinajstić information content (AvgIpc) is 2.70. The number of carbonyl (C=O) groups is 1. The van der Waals surface area contributed by atoms with E-state index in [9.17, 15) is 4.79 Å². The van der Waals surface area contributed by atoms with Crippen LogP contribution >= 0.6 is 11.3 Å². The van der Waals surface area contributed by atoms with Gasteiger partial charge in [0.2, 0.25) is 5.91 Å². The fraction of sp³-hybridized carbons (Fsp3) is 0.545. The molecular formula is C11H13NOS. The molecule has 1 aliphatic heterocycles. The Morgan fingerprint density at radius 3 is 3.21 bits per heavy atom. The van der Waals surface area contributed by atoms with Crippen LogP contribution in [0.5, 0.6) is 0 Å². The maximum atomic E-state index is 11.8. The molecule has 2 nitrogen and oxygen atoms in total. The number of thiophene rings is 1. The van der Waals surface area contributed by atoms with E-state index in [-0.39, 0.29) is 5.92 Å². The summed E-state index contributed by atoms with van der Waals surface area (Å²) >= 11 is 1.85. The van der Waals surface area contributed by atoms with Crippen LogP contribution in [0.25, 0.3) is 0 Å². The van der Waals surface area contributed by atoms with E-state index >= 15 is 0 Å². The van der Waals surface area contributed by atoms with Gasteiger partial charge in [-0.25, -0.2) is 0 Å². The molecule has 0 N–H and O–H groups in total. The highest BCUT2D eigenvalue weighted by Gasteiger charge is 2.41. The second-order valence-corrected chi connectivity index (χ2v) is 5.36. The minimum absolute atomic E-state index is 0.280. The molecule has 1 aliphatic carbocycles. The van der Waals surface area contributed by atoms with Crippen molar-refractivity contribution in [3.05, 3.63) is 21.9 Å². The Hall–Kier alpha value is -0.830. The number of hydrogen-bond acceptors (Lipinski definition) is 2. The molecule has 1 aromatic rings. The van der Waals surface area contributed by atoms with Crippen LogP contribution in [0.15, 0.2) is 11.4 Å². The lowest BCUT2D eigenvalue weighted by Gasteiger charge is -2.22. The molecule has 0 radical (unpaired) electrons. The fourth-order valence-corrected chi connectivity index (χ4v) is 3.73. The molecule has 74 valence electrons. The van der Waals surface area contributed by atoms with Crippen LogP contribution in [0.2, 0.25) is 0 Å². The number of amides is 1. The minimum atomic E-state index is 0.280. The molecule has 1 aromatic heterocycles. The smallest absolute Gasteiger partial charge is 0.226 e. The molecule has 3 rings (SSSR count). The summed E-state index contributed by atoms with van der Waals surface area (Å²) < 4.78 is 0. The first-order chi connectivity index (χ1) is 6.75. The first-order valence-electron chi connectivity index (χ1n) is 5.06. The Labute approximate surface area is 87.5 Å². The third-order valence-corrected chi connectivity index (χ3v) is 4.48. The Balaban J connectivity index is 1.95. The summed E-state index contributed by atoms with van der Waals surface area (Å²) in [5.41, 5.74) is 1.42. The summed E-state index contributed by atoms with van der Waals surface area (Å²) in [6.45, 7) is 0.959. The van der Waals surface area contributed by atoms with Crippen molar-refractivity contribution in [2.75, 3.05) is 13.6 Å². The lowest BCUT2D eigenvalue weighted by Crippen LogP contribution is -2.26. The van der Waals surface area contributed by atoms with E-state index in [1.54, 1.807) is 0 Å². The van der Waals surface area contributed by atoms with Gasteiger partial charge in [0.15, 0.2) is 0 Å². The molecule has 1 saturated heterocycles. The molecule has 1 amide bonds. The van der Waals surface area contributed by atoms with Crippen molar-refractivity contribution in [2.45, 2.75) is 12.8 Å². The first kappa shape index (κ1) is 8.48. The summed E-state index contributed by atoms with van der Waals surface area (Å²) in [4.78, 5) is 15.2. The normalized spacial score (nSPS) is 30.4. The van der Waals surface area contributed by atoms with E-state index < -0.39 is 0 Å². The minimum Gasteiger partial charge on any atom is -0.345 e. The van der Waals surface area contributed by atoms with Gasteiger partial charge in [0, 0.05) is 24.4 Å². The van der Waals surface area contributed by atoms with E-state index in [1.807, 2.05) is 23.3 Å². The van der Waals surface area contributed by atoms with Gasteiger partial charge < -0.3 is 4.90 Å². The van der Waals surface area contributed by atoms with Crippen molar-refractivity contribution >= 4 is 17.2 Å². The van der Waals surface area contributed by atoms with Crippen LogP contribution in [0.3, 0.4) is 0 Å². The number of hydrogen-bond donors (Lipinski definition) is 0. The van der Waals surface area contributed by atoms with Gasteiger partial charge in [-0.05, 0) is 35.8 Å². The van der Waals surface area contributed by atoms with Crippen LogP contribution in [0, 0.1) is 11.8 Å². The van der Waals surface area contributed by atoms with Crippen molar-refractivity contribution in [1.29, 1.82) is 0 Å². The molecule has 0 aromatic carbocycles. The molecule has 3 heteroatoms. The second-order valence-electron chi connectivity index (χ2n) is 4.36. The average molecular weight is 207 g/mol. The van der Waals surface area contributed by atoms with Crippen molar-refractivity contribution in [2.24, 2.45) is 11.8 Å². The maximum absolute atomic E-state index is 11.8. The molecular weight excluding hydrogens is 194 g/mol. The number of likely N-dealkylation sites (tertiary alicyclic amines) is 1. The van der Waals surface area contributed by atoms with Gasteiger partial charge in [-0.1, -0.05) is 0 Å². The summed E-state index contributed by atoms with van der Waals surface area (Å²) in [6.07, 6.45) is 2.10. The van der Waals surface area contributed by atoms with Gasteiger partial charge in [-0.2, -0.15) is 0 Å². The Morgan fingerprint density at radius 1 is 1.50 bits per heavy atom. The van der Waals surface area contributed by atoms with Gasteiger partial charge in [0.25, 0.3) is 0 Å². The van der Waals surface area contributed by atoms with Crippen LogP contribution in [-0.2, 0) is 17.6 Å². The summed E-state index contributed by atoms with van der Waals surface area (Å²) in [7, 11) is 1.93. The van der Waals surface area contributed by atoms with Crippen LogP contribution in [0.1, 0.15) is 10.4 Å². The van der Waals surface area contributed by atoms with E-state index in [1.165, 1.54) is 10.4 Å². The number of fused-ring (bicyclic) bond motifs is 2. The predicted octanol–water partition coefficient (Wildman–Crippen LogP) is 1.55. The highest BCUT2D eigenvalue weighted by atomic mass is 32.1. The number of carbonyl (C=O) groups excluding carboxylic acids is 1. The maximum Gasteiger partial charge on any atom is 0.226 e. The largest absolute Gasteiger partial charge is 0.345 e. The molecule has 0 bridgehead atoms. The van der Waals surface area contributed by atoms with Gasteiger partial charge in [0.1, 0.15) is 0 Å². The highest BCUT2D eigenvalue weighted by molar-refractivity contribution is 7.10. The topological polar surface area (TPSA) is 20.3 Å². The summed E-state index contributed by atoms with van der Waals surface area (Å²) in [5, 5.41) is 2.15. The molecule has 2 atom stereocenters. The lowest BCUT2D eigenvalue weighted by atomic mass is 9.81. The molecule has 2 aliphatic rings. The van der Waals surface area contributed by atoms with Gasteiger partial charge in [-0.15, -0.1) is 11.3 Å². The zero-order valence-electron chi connectivity index (χ0n) is 8.19. The third kappa shape index (κ3) is 1.05. The SMILES string of the molecule is CN1C[C@H]2Cc3sccc3C[C@@H]2C1=O. The fourth-order valence-electron chi connectivity index (χ4n) is 2.72. The van der Waals surface area contributed by atoms with E-state index in [2.05, 4.69) is 11.4 Å². The molecule has 1 fully saturated rings. The summed E-state index contributed by atoms with van der Waals surface area (Å²) in [6, 6.07) is 2.18. The zero-order valence-corrected chi connectivity index (χ0v) is 9.01. The van der Waals surface area contributed by atoms with Crippen LogP contribution in [0.4, 0.5) is 0 Å². The molecule has 0 saturated carbocycles. The monoisotopic (exact) mass is 207 g/mol. The predicted molar refractivity (Wildman–Crippen MR) is 56.3 cm³/mol. The van der Waals surface area contributed by atoms with Crippen LogP contribution in [-0.4, -0.2) is 24.4 Å². The molecule has 0 unspecified atom stereocenters. The van der Waals surface area contributed by atoms with Crippen molar-refractivity contribution in [1.82, 2.24) is 4.90 Å². The van der Waals surface area contributed by atoms with E-state index in [0.29, 0.717) is 11.8 Å². The Kier molecular flexibility index (Phi) is 1.71. The van der Waals surface area contributed by atoms with E-state index in [0.717, 1.165) is 19.4 Å². The molecule has 0 spiro atoms. The van der Waals surface area contributed by atoms with Gasteiger partial charge in [-0.3, -0.25) is 4.79 Å². The lowest BCUT2D eigenvalue weighted by molar-refractivity contribution is -0.130. The Bertz CT molecular complexity index is 384. The molecule has 2 heterocycles. The standard InChI is InChI=1S/C11H13NOS/c1-12-6-8-5-10-7(2-3-14-10)4-9(8)11(12)13/h2-3,8-9H,4-6H2,1H3/t8-,9+/m1/s1. The quantitative estimate of drug-likeness (QED) is 0.632. The molecule has 14 heavy (non-hydrogen) atoms. The number of nitrogens with zero attached hydrogens (tertiary/aromatic N) is 1.